The Balaban J connectivity index is 4.44. The summed E-state index contributed by atoms with van der Waals surface area (Å²) < 4.78 is 32.6. The number of unbranched alkanes of at least 4 members (excludes halogenated alkanes) is 17. The highest BCUT2D eigenvalue weighted by molar-refractivity contribution is 7.47. The van der Waals surface area contributed by atoms with Crippen LogP contribution in [0.3, 0.4) is 0 Å². The highest BCUT2D eigenvalue weighted by atomic mass is 31.2. The van der Waals surface area contributed by atoms with E-state index in [1.165, 1.54) is 83.5 Å². The fraction of sp³-hybridized carbons (Fsp3) is 0.792. The van der Waals surface area contributed by atoms with E-state index in [0.717, 1.165) is 50.9 Å². The molecule has 0 aliphatic rings. The predicted molar refractivity (Wildman–Crippen MR) is 245 cm³/mol. The van der Waals surface area contributed by atoms with Crippen LogP contribution >= 0.6 is 7.82 Å². The Morgan fingerprint density at radius 3 is 1.54 bits per heavy atom. The molecule has 356 valence electrons. The van der Waals surface area contributed by atoms with Gasteiger partial charge in [-0.05, 0) is 38.0 Å². The minimum Gasteiger partial charge on any atom is -0.462 e. The highest BCUT2D eigenvalue weighted by Crippen LogP contribution is 2.43. The minimum absolute atomic E-state index is 0.00655. The zero-order chi connectivity index (χ0) is 45.2. The average molecular weight is 887 g/mol. The molecule has 0 aromatic heterocycles. The van der Waals surface area contributed by atoms with Gasteiger partial charge in [0.25, 0.3) is 0 Å². The van der Waals surface area contributed by atoms with Gasteiger partial charge in [-0.3, -0.25) is 18.6 Å². The highest BCUT2D eigenvalue weighted by Gasteiger charge is 2.27. The Hall–Kier alpha value is -2.15. The summed E-state index contributed by atoms with van der Waals surface area (Å²) in [4.78, 5) is 35.1. The smallest absolute Gasteiger partial charge is 0.462 e. The van der Waals surface area contributed by atoms with Gasteiger partial charge in [0.1, 0.15) is 12.7 Å². The first-order valence-electron chi connectivity index (χ1n) is 23.7. The Bertz CT molecular complexity index is 1200. The van der Waals surface area contributed by atoms with E-state index in [1.54, 1.807) is 18.2 Å². The number of ether oxygens (including phenoxy) is 2. The summed E-state index contributed by atoms with van der Waals surface area (Å²) in [6.07, 6.45) is 37.2. The molecule has 1 unspecified atom stereocenters. The van der Waals surface area contributed by atoms with Crippen molar-refractivity contribution in [3.63, 3.8) is 0 Å². The van der Waals surface area contributed by atoms with E-state index in [0.29, 0.717) is 25.7 Å². The third-order valence-electron chi connectivity index (χ3n) is 10.1. The largest absolute Gasteiger partial charge is 0.472 e. The summed E-state index contributed by atoms with van der Waals surface area (Å²) in [5.74, 6) is -0.327. The molecule has 0 fully saturated rings. The molecule has 0 saturated heterocycles. The molecule has 12 nitrogen and oxygen atoms in total. The van der Waals surface area contributed by atoms with Crippen LogP contribution in [0.1, 0.15) is 188 Å². The molecule has 5 N–H and O–H groups in total. The van der Waals surface area contributed by atoms with Crippen molar-refractivity contribution in [3.05, 3.63) is 48.6 Å². The van der Waals surface area contributed by atoms with Crippen LogP contribution in [0.5, 0.6) is 0 Å². The quantitative estimate of drug-likeness (QED) is 0.0169. The zero-order valence-corrected chi connectivity index (χ0v) is 39.2. The van der Waals surface area contributed by atoms with E-state index < -0.39 is 70.6 Å². The standard InChI is InChI=1S/C48H87O12P/c1-4-5-25-32-43(50)33-27-22-18-16-19-23-28-34-44(51)35-30-37-47(53)57-40-46(41-59-61(55,56)58-39-45(52)38-49)60-48(54)36-29-24-20-15-13-11-9-7-6-8-10-12-14-17-21-26-31-42(2)3/h18-19,22-23,27-28,33-34,42-46,49-52H,4-17,20-21,24-26,29-32,35-41H2,1-3H3,(H,55,56)/b22-18-,23-19-,33-27+,34-28+/t43-,44-,45-,46+/m0/s1. The Kier molecular flexibility index (Phi) is 40.4. The van der Waals surface area contributed by atoms with Crippen LogP contribution in [-0.4, -0.2) is 88.1 Å². The van der Waals surface area contributed by atoms with E-state index in [9.17, 15) is 34.4 Å². The van der Waals surface area contributed by atoms with Gasteiger partial charge in [-0.25, -0.2) is 4.57 Å². The lowest BCUT2D eigenvalue weighted by Gasteiger charge is -2.20. The molecule has 0 saturated carbocycles. The van der Waals surface area contributed by atoms with E-state index in [4.69, 9.17) is 19.1 Å². The van der Waals surface area contributed by atoms with Gasteiger partial charge in [-0.1, -0.05) is 191 Å². The maximum atomic E-state index is 12.7. The van der Waals surface area contributed by atoms with Crippen molar-refractivity contribution in [1.82, 2.24) is 0 Å². The molecule has 0 aromatic rings. The van der Waals surface area contributed by atoms with E-state index in [2.05, 4.69) is 25.3 Å². The zero-order valence-electron chi connectivity index (χ0n) is 38.3. The fourth-order valence-corrected chi connectivity index (χ4v) is 7.18. The minimum atomic E-state index is -4.68. The number of carbonyl (C=O) groups excluding carboxylic acids is 2. The first-order chi connectivity index (χ1) is 29.4. The molecule has 0 bridgehead atoms. The number of carbonyl (C=O) groups is 2. The second kappa shape index (κ2) is 41.8. The number of aliphatic hydroxyl groups is 4. The van der Waals surface area contributed by atoms with Gasteiger partial charge in [0.15, 0.2) is 6.10 Å². The van der Waals surface area contributed by atoms with Gasteiger partial charge < -0.3 is 34.8 Å². The molecule has 0 heterocycles. The van der Waals surface area contributed by atoms with Crippen molar-refractivity contribution in [2.24, 2.45) is 5.92 Å². The molecule has 0 spiro atoms. The van der Waals surface area contributed by atoms with Crippen molar-refractivity contribution >= 4 is 19.8 Å². The maximum absolute atomic E-state index is 12.7. The fourth-order valence-electron chi connectivity index (χ4n) is 6.39. The monoisotopic (exact) mass is 887 g/mol. The first-order valence-corrected chi connectivity index (χ1v) is 25.2. The second-order valence-corrected chi connectivity index (χ2v) is 18.1. The molecule has 0 aliphatic carbocycles. The molecular formula is C48H87O12P. The number of phosphoric ester groups is 1. The predicted octanol–water partition coefficient (Wildman–Crippen LogP) is 10.7. The normalized spacial score (nSPS) is 15.3. The topological polar surface area (TPSA) is 189 Å². The molecule has 13 heteroatoms. The average Bonchev–Trinajstić information content (AvgIpc) is 3.22. The number of hydrogen-bond acceptors (Lipinski definition) is 11. The molecule has 0 aliphatic heterocycles. The van der Waals surface area contributed by atoms with Crippen molar-refractivity contribution in [1.29, 1.82) is 0 Å². The molecule has 0 rings (SSSR count). The molecular weight excluding hydrogens is 799 g/mol. The molecule has 0 amide bonds. The summed E-state index contributed by atoms with van der Waals surface area (Å²) in [5.41, 5.74) is 0. The lowest BCUT2D eigenvalue weighted by Crippen LogP contribution is -2.30. The summed E-state index contributed by atoms with van der Waals surface area (Å²) in [6, 6.07) is 0. The van der Waals surface area contributed by atoms with Crippen LogP contribution in [0.25, 0.3) is 0 Å². The van der Waals surface area contributed by atoms with E-state index >= 15 is 0 Å². The summed E-state index contributed by atoms with van der Waals surface area (Å²) in [5, 5.41) is 38.5. The molecule has 0 aromatic carbocycles. The van der Waals surface area contributed by atoms with Crippen LogP contribution in [0.4, 0.5) is 0 Å². The summed E-state index contributed by atoms with van der Waals surface area (Å²) in [7, 11) is -4.68. The number of phosphoric acid groups is 1. The number of aliphatic hydroxyl groups excluding tert-OH is 4. The maximum Gasteiger partial charge on any atom is 0.472 e. The van der Waals surface area contributed by atoms with Crippen molar-refractivity contribution < 1.29 is 58.0 Å². The van der Waals surface area contributed by atoms with Crippen LogP contribution in [0.15, 0.2) is 48.6 Å². The SMILES string of the molecule is CCCCC[C@H](O)/C=C/C=C\C/C=C\C=C\[C@H](O)CCCC(=O)OC[C@H](COP(=O)(O)OC[C@@H](O)CO)OC(=O)CCCCCCCCCCCCCCCCCCC(C)C. The van der Waals surface area contributed by atoms with Gasteiger partial charge in [0, 0.05) is 12.8 Å². The van der Waals surface area contributed by atoms with Crippen LogP contribution in [-0.2, 0) is 32.7 Å². The van der Waals surface area contributed by atoms with E-state index in [-0.39, 0.29) is 12.8 Å². The number of rotatable bonds is 43. The van der Waals surface area contributed by atoms with Crippen molar-refractivity contribution in [2.75, 3.05) is 26.4 Å². The summed E-state index contributed by atoms with van der Waals surface area (Å²) in [6.45, 7) is 4.38. The first kappa shape index (κ1) is 58.9. The number of allylic oxidation sites excluding steroid dienone is 6. The molecule has 0 radical (unpaired) electrons. The second-order valence-electron chi connectivity index (χ2n) is 16.7. The van der Waals surface area contributed by atoms with Crippen LogP contribution in [0, 0.1) is 5.92 Å². The van der Waals surface area contributed by atoms with Gasteiger partial charge in [0.2, 0.25) is 0 Å². The number of hydrogen-bond donors (Lipinski definition) is 5. The van der Waals surface area contributed by atoms with Crippen LogP contribution < -0.4 is 0 Å². The molecule has 5 atom stereocenters. The van der Waals surface area contributed by atoms with E-state index in [1.807, 2.05) is 30.4 Å². The van der Waals surface area contributed by atoms with Crippen molar-refractivity contribution in [3.8, 4) is 0 Å². The third kappa shape index (κ3) is 42.9. The lowest BCUT2D eigenvalue weighted by molar-refractivity contribution is -0.161. The van der Waals surface area contributed by atoms with Gasteiger partial charge in [-0.2, -0.15) is 0 Å². The van der Waals surface area contributed by atoms with Gasteiger partial charge in [-0.15, -0.1) is 0 Å². The van der Waals surface area contributed by atoms with Crippen LogP contribution in [0.2, 0.25) is 0 Å². The number of esters is 2. The lowest BCUT2D eigenvalue weighted by atomic mass is 10.0. The Labute approximate surface area is 369 Å². The van der Waals surface area contributed by atoms with Gasteiger partial charge in [0.05, 0.1) is 32.0 Å². The third-order valence-corrected chi connectivity index (χ3v) is 11.1. The van der Waals surface area contributed by atoms with Crippen molar-refractivity contribution in [2.45, 2.75) is 212 Å². The Morgan fingerprint density at radius 2 is 1.03 bits per heavy atom. The summed E-state index contributed by atoms with van der Waals surface area (Å²) >= 11 is 0. The Morgan fingerprint density at radius 1 is 0.574 bits per heavy atom. The molecule has 61 heavy (non-hydrogen) atoms. The van der Waals surface area contributed by atoms with Gasteiger partial charge >= 0.3 is 19.8 Å².